The number of benzene rings is 1. The number of rotatable bonds is 7. The Labute approximate surface area is 163 Å². The molecule has 1 heterocycles. The fourth-order valence-corrected chi connectivity index (χ4v) is 4.08. The van der Waals surface area contributed by atoms with Crippen molar-refractivity contribution < 1.29 is 13.2 Å². The number of aliphatic imine (C=N–C) groups is 1. The second kappa shape index (κ2) is 10.1. The highest BCUT2D eigenvalue weighted by molar-refractivity contribution is 7.90. The van der Waals surface area contributed by atoms with Crippen molar-refractivity contribution in [3.05, 3.63) is 35.4 Å². The molecule has 0 saturated carbocycles. The van der Waals surface area contributed by atoms with Crippen molar-refractivity contribution >= 4 is 15.8 Å². The van der Waals surface area contributed by atoms with Crippen LogP contribution in [-0.4, -0.2) is 52.6 Å². The largest absolute Gasteiger partial charge is 0.373 e. The van der Waals surface area contributed by atoms with Gasteiger partial charge in [-0.1, -0.05) is 29.8 Å². The van der Waals surface area contributed by atoms with E-state index in [-0.39, 0.29) is 17.9 Å². The topological polar surface area (TPSA) is 79.8 Å². The minimum absolute atomic E-state index is 0.0291. The van der Waals surface area contributed by atoms with Gasteiger partial charge in [-0.3, -0.25) is 4.99 Å². The van der Waals surface area contributed by atoms with Crippen LogP contribution >= 0.6 is 0 Å². The minimum atomic E-state index is -2.95. The number of sulfone groups is 1. The summed E-state index contributed by atoms with van der Waals surface area (Å²) < 4.78 is 28.7. The van der Waals surface area contributed by atoms with E-state index in [1.165, 1.54) is 17.4 Å². The van der Waals surface area contributed by atoms with Crippen LogP contribution in [0.5, 0.6) is 0 Å². The van der Waals surface area contributed by atoms with Gasteiger partial charge in [0.15, 0.2) is 5.96 Å². The first-order valence-corrected chi connectivity index (χ1v) is 11.7. The molecule has 7 heteroatoms. The summed E-state index contributed by atoms with van der Waals surface area (Å²) in [5, 5.41) is 6.66. The summed E-state index contributed by atoms with van der Waals surface area (Å²) in [7, 11) is -1.22. The second-order valence-corrected chi connectivity index (χ2v) is 9.78. The fraction of sp³-hybridized carbons (Fsp3) is 0.650. The number of hydrogen-bond acceptors (Lipinski definition) is 4. The molecule has 0 radical (unpaired) electrons. The van der Waals surface area contributed by atoms with Gasteiger partial charge in [0.1, 0.15) is 9.84 Å². The third kappa shape index (κ3) is 7.50. The van der Waals surface area contributed by atoms with Crippen molar-refractivity contribution in [1.82, 2.24) is 10.6 Å². The summed E-state index contributed by atoms with van der Waals surface area (Å²) in [5.41, 5.74) is 2.47. The normalized spacial score (nSPS) is 22.3. The van der Waals surface area contributed by atoms with Crippen molar-refractivity contribution in [1.29, 1.82) is 0 Å². The summed E-state index contributed by atoms with van der Waals surface area (Å²) in [6.07, 6.45) is 4.07. The summed E-state index contributed by atoms with van der Waals surface area (Å²) in [5.74, 6) is 1.24. The van der Waals surface area contributed by atoms with Gasteiger partial charge in [-0.2, -0.15) is 0 Å². The lowest BCUT2D eigenvalue weighted by Crippen LogP contribution is -2.45. The Morgan fingerprint density at radius 3 is 2.67 bits per heavy atom. The van der Waals surface area contributed by atoms with Crippen molar-refractivity contribution in [3.63, 3.8) is 0 Å². The van der Waals surface area contributed by atoms with Gasteiger partial charge in [-0.25, -0.2) is 8.42 Å². The molecule has 0 aromatic heterocycles. The van der Waals surface area contributed by atoms with E-state index >= 15 is 0 Å². The first kappa shape index (κ1) is 21.7. The van der Waals surface area contributed by atoms with Gasteiger partial charge >= 0.3 is 0 Å². The van der Waals surface area contributed by atoms with E-state index in [4.69, 9.17) is 4.74 Å². The summed E-state index contributed by atoms with van der Waals surface area (Å²) in [6, 6.07) is 8.59. The molecule has 0 bridgehead atoms. The molecule has 1 saturated heterocycles. The van der Waals surface area contributed by atoms with Crippen LogP contribution in [0.15, 0.2) is 29.3 Å². The molecule has 0 spiro atoms. The first-order valence-electron chi connectivity index (χ1n) is 9.61. The van der Waals surface area contributed by atoms with E-state index in [0.29, 0.717) is 18.3 Å². The summed E-state index contributed by atoms with van der Waals surface area (Å²) >= 11 is 0. The van der Waals surface area contributed by atoms with Crippen molar-refractivity contribution in [2.45, 2.75) is 45.3 Å². The highest BCUT2D eigenvalue weighted by atomic mass is 32.2. The van der Waals surface area contributed by atoms with Crippen LogP contribution in [0, 0.1) is 12.8 Å². The average Bonchev–Trinajstić information content (AvgIpc) is 2.64. The van der Waals surface area contributed by atoms with Gasteiger partial charge in [-0.05, 0) is 38.7 Å². The van der Waals surface area contributed by atoms with E-state index in [0.717, 1.165) is 26.0 Å². The minimum Gasteiger partial charge on any atom is -0.373 e. The molecule has 0 amide bonds. The van der Waals surface area contributed by atoms with Crippen molar-refractivity contribution in [2.75, 3.05) is 32.2 Å². The van der Waals surface area contributed by atoms with Crippen LogP contribution in [0.3, 0.4) is 0 Å². The lowest BCUT2D eigenvalue weighted by atomic mass is 9.89. The number of ether oxygens (including phenoxy) is 1. The first-order chi connectivity index (χ1) is 12.8. The highest BCUT2D eigenvalue weighted by Gasteiger charge is 2.27. The molecule has 1 aromatic rings. The molecule has 1 aromatic carbocycles. The van der Waals surface area contributed by atoms with Gasteiger partial charge < -0.3 is 15.4 Å². The Hall–Kier alpha value is -1.60. The van der Waals surface area contributed by atoms with Crippen LogP contribution in [0.2, 0.25) is 0 Å². The average molecular weight is 396 g/mol. The van der Waals surface area contributed by atoms with Gasteiger partial charge in [-0.15, -0.1) is 0 Å². The Kier molecular flexibility index (Phi) is 8.10. The van der Waals surface area contributed by atoms with Gasteiger partial charge in [0.25, 0.3) is 0 Å². The van der Waals surface area contributed by atoms with Crippen molar-refractivity contribution in [2.24, 2.45) is 10.9 Å². The molecule has 1 aliphatic heterocycles. The van der Waals surface area contributed by atoms with Gasteiger partial charge in [0.05, 0.1) is 11.9 Å². The molecule has 1 fully saturated rings. The highest BCUT2D eigenvalue weighted by Crippen LogP contribution is 2.33. The number of guanidine groups is 1. The molecule has 2 rings (SSSR count). The molecular formula is C20H33N3O3S. The number of nitrogens with one attached hydrogen (secondary N) is 2. The third-order valence-corrected chi connectivity index (χ3v) is 5.89. The molecule has 2 N–H and O–H groups in total. The SMILES string of the molecule is CN=C(NCC1CCCOC1c1ccc(C)cc1)NC(C)CCS(C)(=O)=O. The molecule has 0 aliphatic carbocycles. The van der Waals surface area contributed by atoms with Gasteiger partial charge in [0.2, 0.25) is 0 Å². The van der Waals surface area contributed by atoms with Crippen molar-refractivity contribution in [3.8, 4) is 0 Å². The molecular weight excluding hydrogens is 362 g/mol. The smallest absolute Gasteiger partial charge is 0.191 e. The van der Waals surface area contributed by atoms with Crippen LogP contribution in [0.4, 0.5) is 0 Å². The third-order valence-electron chi connectivity index (χ3n) is 4.91. The maximum atomic E-state index is 11.3. The Morgan fingerprint density at radius 2 is 2.04 bits per heavy atom. The predicted octanol–water partition coefficient (Wildman–Crippen LogP) is 2.45. The number of aryl methyl sites for hydroxylation is 1. The van der Waals surface area contributed by atoms with E-state index in [1.807, 2.05) is 6.92 Å². The lowest BCUT2D eigenvalue weighted by molar-refractivity contribution is -0.0265. The second-order valence-electron chi connectivity index (χ2n) is 7.52. The monoisotopic (exact) mass is 395 g/mol. The van der Waals surface area contributed by atoms with Crippen LogP contribution < -0.4 is 10.6 Å². The fourth-order valence-electron chi connectivity index (χ4n) is 3.30. The van der Waals surface area contributed by atoms with E-state index in [9.17, 15) is 8.42 Å². The molecule has 27 heavy (non-hydrogen) atoms. The Balaban J connectivity index is 1.90. The summed E-state index contributed by atoms with van der Waals surface area (Å²) in [6.45, 7) is 5.61. The standard InChI is InChI=1S/C20H33N3O3S/c1-15-7-9-17(10-8-15)19-18(6-5-12-26-19)14-22-20(21-3)23-16(2)11-13-27(4,24)25/h7-10,16,18-19H,5-6,11-14H2,1-4H3,(H2,21,22,23). The zero-order valence-corrected chi connectivity index (χ0v) is 17.7. The molecule has 152 valence electrons. The zero-order chi connectivity index (χ0) is 19.9. The number of nitrogens with zero attached hydrogens (tertiary/aromatic N) is 1. The van der Waals surface area contributed by atoms with E-state index in [2.05, 4.69) is 46.8 Å². The van der Waals surface area contributed by atoms with Crippen LogP contribution in [0.25, 0.3) is 0 Å². The molecule has 3 atom stereocenters. The lowest BCUT2D eigenvalue weighted by Gasteiger charge is -2.33. The molecule has 3 unspecified atom stereocenters. The Morgan fingerprint density at radius 1 is 1.33 bits per heavy atom. The van der Waals surface area contributed by atoms with E-state index < -0.39 is 9.84 Å². The molecule has 6 nitrogen and oxygen atoms in total. The van der Waals surface area contributed by atoms with Crippen LogP contribution in [0.1, 0.15) is 43.4 Å². The zero-order valence-electron chi connectivity index (χ0n) is 16.9. The van der Waals surface area contributed by atoms with E-state index in [1.54, 1.807) is 7.05 Å². The van der Waals surface area contributed by atoms with Gasteiger partial charge in [0, 0.05) is 38.4 Å². The summed E-state index contributed by atoms with van der Waals surface area (Å²) in [4.78, 5) is 4.27. The number of hydrogen-bond donors (Lipinski definition) is 2. The predicted molar refractivity (Wildman–Crippen MR) is 111 cm³/mol. The molecule has 1 aliphatic rings. The Bertz CT molecular complexity index is 716. The quantitative estimate of drug-likeness (QED) is 0.548. The van der Waals surface area contributed by atoms with Crippen LogP contribution in [-0.2, 0) is 14.6 Å². The maximum absolute atomic E-state index is 11.3. The maximum Gasteiger partial charge on any atom is 0.191 e.